The van der Waals surface area contributed by atoms with Crippen LogP contribution < -0.4 is 10.5 Å². The van der Waals surface area contributed by atoms with Crippen molar-refractivity contribution < 1.29 is 4.74 Å². The quantitative estimate of drug-likeness (QED) is 0.760. The number of hydrogen-bond acceptors (Lipinski definition) is 6. The maximum atomic E-state index is 11.8. The van der Waals surface area contributed by atoms with Gasteiger partial charge in [-0.25, -0.2) is 4.68 Å². The fourth-order valence-corrected chi connectivity index (χ4v) is 3.82. The summed E-state index contributed by atoms with van der Waals surface area (Å²) in [6.07, 6.45) is 1.79. The molecule has 0 amide bonds. The first-order valence-corrected chi connectivity index (χ1v) is 9.24. The summed E-state index contributed by atoms with van der Waals surface area (Å²) in [6.45, 7) is 14.7. The summed E-state index contributed by atoms with van der Waals surface area (Å²) in [5.41, 5.74) is 1.16. The average Bonchev–Trinajstić information content (AvgIpc) is 2.58. The highest BCUT2D eigenvalue weighted by Gasteiger charge is 2.27. The van der Waals surface area contributed by atoms with Crippen LogP contribution in [0, 0.1) is 5.41 Å². The van der Waals surface area contributed by atoms with Gasteiger partial charge in [-0.15, -0.1) is 0 Å². The second-order valence-corrected chi connectivity index (χ2v) is 7.99. The van der Waals surface area contributed by atoms with E-state index in [1.165, 1.54) is 4.68 Å². The Bertz CT molecular complexity index is 616. The number of nitrogens with zero attached hydrogens (tertiary/aromatic N) is 5. The van der Waals surface area contributed by atoms with E-state index in [4.69, 9.17) is 4.74 Å². The van der Waals surface area contributed by atoms with Gasteiger partial charge in [0.25, 0.3) is 5.56 Å². The molecule has 7 nitrogen and oxygen atoms in total. The topological polar surface area (TPSA) is 53.8 Å². The largest absolute Gasteiger partial charge is 0.379 e. The van der Waals surface area contributed by atoms with Crippen LogP contribution in [-0.4, -0.2) is 85.2 Å². The van der Waals surface area contributed by atoms with Crippen LogP contribution >= 0.6 is 0 Å². The molecule has 7 heteroatoms. The molecule has 0 aromatic carbocycles. The van der Waals surface area contributed by atoms with Gasteiger partial charge in [0.05, 0.1) is 25.1 Å². The van der Waals surface area contributed by atoms with Gasteiger partial charge in [0, 0.05) is 65.5 Å². The number of anilines is 1. The second-order valence-electron chi connectivity index (χ2n) is 7.99. The average molecular weight is 349 g/mol. The first-order valence-electron chi connectivity index (χ1n) is 9.24. The normalized spacial score (nSPS) is 20.8. The molecule has 0 aliphatic carbocycles. The number of aromatic nitrogens is 2. The SMILES string of the molecule is Cn1ncc(N2CCN(CC(C)(C)CN3CCOCC3)CC2)cc1=O. The molecule has 2 saturated heterocycles. The molecule has 2 aliphatic heterocycles. The number of piperazine rings is 1. The zero-order chi connectivity index (χ0) is 17.9. The molecule has 0 radical (unpaired) electrons. The molecule has 3 heterocycles. The lowest BCUT2D eigenvalue weighted by Crippen LogP contribution is -2.51. The molecular formula is C18H31N5O2. The van der Waals surface area contributed by atoms with Crippen molar-refractivity contribution in [1.29, 1.82) is 0 Å². The first-order chi connectivity index (χ1) is 11.9. The summed E-state index contributed by atoms with van der Waals surface area (Å²) in [5, 5.41) is 4.13. The number of aryl methyl sites for hydroxylation is 1. The van der Waals surface area contributed by atoms with E-state index in [1.807, 2.05) is 0 Å². The molecule has 0 bridgehead atoms. The van der Waals surface area contributed by atoms with Crippen molar-refractivity contribution in [2.75, 3.05) is 70.5 Å². The molecule has 1 aromatic rings. The second kappa shape index (κ2) is 7.85. The van der Waals surface area contributed by atoms with Gasteiger partial charge in [-0.2, -0.15) is 5.10 Å². The first kappa shape index (κ1) is 18.4. The van der Waals surface area contributed by atoms with Crippen molar-refractivity contribution in [3.63, 3.8) is 0 Å². The molecule has 1 aromatic heterocycles. The Labute approximate surface area is 150 Å². The van der Waals surface area contributed by atoms with E-state index in [9.17, 15) is 4.79 Å². The van der Waals surface area contributed by atoms with Crippen molar-refractivity contribution in [2.24, 2.45) is 12.5 Å². The summed E-state index contributed by atoms with van der Waals surface area (Å²) in [6, 6.07) is 1.69. The molecule has 0 spiro atoms. The molecule has 0 saturated carbocycles. The maximum absolute atomic E-state index is 11.8. The van der Waals surface area contributed by atoms with Crippen molar-refractivity contribution >= 4 is 5.69 Å². The van der Waals surface area contributed by atoms with Gasteiger partial charge in [0.1, 0.15) is 0 Å². The van der Waals surface area contributed by atoms with Crippen molar-refractivity contribution in [2.45, 2.75) is 13.8 Å². The van der Waals surface area contributed by atoms with Crippen LogP contribution in [0.5, 0.6) is 0 Å². The Hall–Kier alpha value is -1.44. The third kappa shape index (κ3) is 5.03. The minimum Gasteiger partial charge on any atom is -0.379 e. The van der Waals surface area contributed by atoms with Gasteiger partial charge in [-0.3, -0.25) is 14.6 Å². The number of rotatable bonds is 5. The lowest BCUT2D eigenvalue weighted by molar-refractivity contribution is 0.0147. The Morgan fingerprint density at radius 3 is 2.24 bits per heavy atom. The molecular weight excluding hydrogens is 318 g/mol. The van der Waals surface area contributed by atoms with Crippen LogP contribution in [0.1, 0.15) is 13.8 Å². The van der Waals surface area contributed by atoms with E-state index in [0.29, 0.717) is 0 Å². The Kier molecular flexibility index (Phi) is 5.76. The number of morpholine rings is 1. The monoisotopic (exact) mass is 349 g/mol. The number of hydrogen-bond donors (Lipinski definition) is 0. The van der Waals surface area contributed by atoms with Gasteiger partial charge in [-0.05, 0) is 5.41 Å². The third-order valence-electron chi connectivity index (χ3n) is 5.10. The molecule has 25 heavy (non-hydrogen) atoms. The Balaban J connectivity index is 1.49. The van der Waals surface area contributed by atoms with E-state index in [1.54, 1.807) is 19.3 Å². The van der Waals surface area contributed by atoms with E-state index in [2.05, 4.69) is 33.6 Å². The van der Waals surface area contributed by atoms with Gasteiger partial charge >= 0.3 is 0 Å². The number of ether oxygens (including phenoxy) is 1. The van der Waals surface area contributed by atoms with Crippen molar-refractivity contribution in [1.82, 2.24) is 19.6 Å². The van der Waals surface area contributed by atoms with Gasteiger partial charge in [-0.1, -0.05) is 13.8 Å². The summed E-state index contributed by atoms with van der Waals surface area (Å²) in [7, 11) is 1.68. The maximum Gasteiger partial charge on any atom is 0.268 e. The third-order valence-corrected chi connectivity index (χ3v) is 5.10. The predicted octanol–water partition coefficient (Wildman–Crippen LogP) is 0.261. The van der Waals surface area contributed by atoms with Crippen molar-refractivity contribution in [3.05, 3.63) is 22.6 Å². The highest BCUT2D eigenvalue weighted by Crippen LogP contribution is 2.21. The van der Waals surface area contributed by atoms with Crippen LogP contribution in [0.4, 0.5) is 5.69 Å². The highest BCUT2D eigenvalue weighted by atomic mass is 16.5. The molecule has 140 valence electrons. The van der Waals surface area contributed by atoms with Gasteiger partial charge in [0.15, 0.2) is 0 Å². The molecule has 0 atom stereocenters. The van der Waals surface area contributed by atoms with Crippen LogP contribution in [-0.2, 0) is 11.8 Å². The lowest BCUT2D eigenvalue weighted by Gasteiger charge is -2.41. The smallest absolute Gasteiger partial charge is 0.268 e. The standard InChI is InChI=1S/C18H31N5O2/c1-18(2,15-22-8-10-25-11-9-22)14-21-4-6-23(7-5-21)16-12-17(24)20(3)19-13-16/h12-13H,4-11,14-15H2,1-3H3. The van der Waals surface area contributed by atoms with E-state index >= 15 is 0 Å². The fourth-order valence-electron chi connectivity index (χ4n) is 3.82. The molecule has 2 fully saturated rings. The highest BCUT2D eigenvalue weighted by molar-refractivity contribution is 5.43. The lowest BCUT2D eigenvalue weighted by atomic mass is 9.91. The van der Waals surface area contributed by atoms with E-state index in [0.717, 1.165) is 71.3 Å². The minimum atomic E-state index is -0.0495. The molecule has 3 rings (SSSR count). The summed E-state index contributed by atoms with van der Waals surface area (Å²) in [4.78, 5) is 19.1. The van der Waals surface area contributed by atoms with Crippen LogP contribution in [0.2, 0.25) is 0 Å². The molecule has 0 N–H and O–H groups in total. The van der Waals surface area contributed by atoms with E-state index < -0.39 is 0 Å². The minimum absolute atomic E-state index is 0.0495. The van der Waals surface area contributed by atoms with Gasteiger partial charge in [0.2, 0.25) is 0 Å². The fraction of sp³-hybridized carbons (Fsp3) is 0.778. The van der Waals surface area contributed by atoms with Crippen molar-refractivity contribution in [3.8, 4) is 0 Å². The Morgan fingerprint density at radius 1 is 1.04 bits per heavy atom. The molecule has 0 unspecified atom stereocenters. The van der Waals surface area contributed by atoms with Crippen LogP contribution in [0.3, 0.4) is 0 Å². The predicted molar refractivity (Wildman–Crippen MR) is 99.2 cm³/mol. The van der Waals surface area contributed by atoms with Gasteiger partial charge < -0.3 is 9.64 Å². The Morgan fingerprint density at radius 2 is 1.64 bits per heavy atom. The zero-order valence-electron chi connectivity index (χ0n) is 15.8. The summed E-state index contributed by atoms with van der Waals surface area (Å²) in [5.74, 6) is 0. The summed E-state index contributed by atoms with van der Waals surface area (Å²) >= 11 is 0. The van der Waals surface area contributed by atoms with Crippen LogP contribution in [0.25, 0.3) is 0 Å². The summed E-state index contributed by atoms with van der Waals surface area (Å²) < 4.78 is 6.82. The molecule has 2 aliphatic rings. The zero-order valence-corrected chi connectivity index (χ0v) is 15.8. The van der Waals surface area contributed by atoms with E-state index in [-0.39, 0.29) is 11.0 Å². The van der Waals surface area contributed by atoms with Crippen LogP contribution in [0.15, 0.2) is 17.1 Å².